The molecule has 1 aliphatic heterocycles. The fraction of sp³-hybridized carbons (Fsp3) is 0.171. The highest BCUT2D eigenvalue weighted by Gasteiger charge is 2.49. The number of para-hydroxylation sites is 2. The number of carbonyl (C=O) groups excluding carboxylic acids is 3. The van der Waals surface area contributed by atoms with E-state index in [9.17, 15) is 24.9 Å². The normalized spacial score (nSPS) is 15.7. The molecule has 0 spiro atoms. The van der Waals surface area contributed by atoms with Gasteiger partial charge in [0.25, 0.3) is 5.91 Å². The Kier molecular flexibility index (Phi) is 7.95. The first-order valence-electron chi connectivity index (χ1n) is 14.7. The van der Waals surface area contributed by atoms with Crippen molar-refractivity contribution >= 4 is 40.0 Å². The molecule has 0 aliphatic carbocycles. The van der Waals surface area contributed by atoms with Crippen LogP contribution in [0.5, 0.6) is 0 Å². The van der Waals surface area contributed by atoms with Gasteiger partial charge in [-0.05, 0) is 62.5 Å². The van der Waals surface area contributed by atoms with Gasteiger partial charge < -0.3 is 20.9 Å². The summed E-state index contributed by atoms with van der Waals surface area (Å²) in [5.74, 6) is -2.86. The number of pyridine rings is 1. The molecule has 232 valence electrons. The number of nitrogens with zero attached hydrogens (tertiary/aromatic N) is 7. The van der Waals surface area contributed by atoms with Crippen molar-refractivity contribution in [2.75, 3.05) is 23.4 Å². The fourth-order valence-corrected chi connectivity index (χ4v) is 5.94. The van der Waals surface area contributed by atoms with Crippen molar-refractivity contribution in [1.82, 2.24) is 20.1 Å². The minimum Gasteiger partial charge on any atom is -0.368 e. The van der Waals surface area contributed by atoms with Gasteiger partial charge in [0.05, 0.1) is 57.9 Å². The van der Waals surface area contributed by atoms with Crippen molar-refractivity contribution in [2.24, 2.45) is 11.7 Å². The van der Waals surface area contributed by atoms with E-state index in [-0.39, 0.29) is 18.7 Å². The fourth-order valence-electron chi connectivity index (χ4n) is 5.94. The molecule has 12 heteroatoms. The van der Waals surface area contributed by atoms with Gasteiger partial charge in [0, 0.05) is 29.9 Å². The smallest absolute Gasteiger partial charge is 0.258 e. The van der Waals surface area contributed by atoms with Crippen LogP contribution in [0, 0.1) is 28.6 Å². The average Bonchev–Trinajstić information content (AvgIpc) is 3.42. The number of benzene rings is 3. The molecular formula is C35H29N9O3. The number of anilines is 2. The lowest BCUT2D eigenvalue weighted by molar-refractivity contribution is -0.133. The van der Waals surface area contributed by atoms with Crippen molar-refractivity contribution in [2.45, 2.75) is 19.0 Å². The Morgan fingerprint density at radius 1 is 0.979 bits per heavy atom. The third-order valence-electron chi connectivity index (χ3n) is 8.74. The quantitative estimate of drug-likeness (QED) is 0.277. The van der Waals surface area contributed by atoms with Crippen LogP contribution in [0.1, 0.15) is 34.1 Å². The summed E-state index contributed by atoms with van der Waals surface area (Å²) in [4.78, 5) is 48.8. The molecule has 0 radical (unpaired) electrons. The molecule has 3 heterocycles. The first-order chi connectivity index (χ1) is 22.7. The van der Waals surface area contributed by atoms with Gasteiger partial charge in [0.1, 0.15) is 11.6 Å². The molecule has 3 amide bonds. The second-order valence-electron chi connectivity index (χ2n) is 11.3. The van der Waals surface area contributed by atoms with E-state index in [4.69, 9.17) is 10.8 Å². The van der Waals surface area contributed by atoms with Crippen LogP contribution in [0.25, 0.3) is 16.6 Å². The highest BCUT2D eigenvalue weighted by Crippen LogP contribution is 2.40. The Balaban J connectivity index is 1.57. The summed E-state index contributed by atoms with van der Waals surface area (Å²) in [6.07, 6.45) is 2.97. The van der Waals surface area contributed by atoms with E-state index in [1.54, 1.807) is 53.2 Å². The number of aromatic nitrogens is 3. The summed E-state index contributed by atoms with van der Waals surface area (Å²) in [5.41, 5.74) is 7.79. The maximum atomic E-state index is 14.8. The molecule has 3 aromatic carbocycles. The van der Waals surface area contributed by atoms with Gasteiger partial charge in [-0.1, -0.05) is 30.3 Å². The molecule has 0 saturated heterocycles. The van der Waals surface area contributed by atoms with Crippen molar-refractivity contribution in [1.29, 1.82) is 10.5 Å². The number of amides is 3. The molecule has 2 atom stereocenters. The highest BCUT2D eigenvalue weighted by molar-refractivity contribution is 6.13. The molecule has 0 bridgehead atoms. The number of rotatable bonds is 7. The van der Waals surface area contributed by atoms with Gasteiger partial charge in [-0.3, -0.25) is 19.4 Å². The highest BCUT2D eigenvalue weighted by atomic mass is 16.2. The minimum atomic E-state index is -1.57. The van der Waals surface area contributed by atoms with Crippen LogP contribution in [0.15, 0.2) is 91.3 Å². The number of carbonyl (C=O) groups is 3. The van der Waals surface area contributed by atoms with Crippen LogP contribution in [0.2, 0.25) is 0 Å². The van der Waals surface area contributed by atoms with Crippen molar-refractivity contribution in [3.05, 3.63) is 114 Å². The van der Waals surface area contributed by atoms with Crippen molar-refractivity contribution in [3.63, 3.8) is 0 Å². The Bertz CT molecular complexity index is 2130. The third kappa shape index (κ3) is 5.23. The predicted octanol–water partition coefficient (Wildman–Crippen LogP) is 3.44. The summed E-state index contributed by atoms with van der Waals surface area (Å²) in [6.45, 7) is 1.25. The van der Waals surface area contributed by atoms with E-state index in [0.717, 1.165) is 10.9 Å². The minimum absolute atomic E-state index is 0.0632. The summed E-state index contributed by atoms with van der Waals surface area (Å²) < 4.78 is 1.67. The second kappa shape index (κ2) is 12.2. The first-order valence-corrected chi connectivity index (χ1v) is 14.7. The number of hydrogen-bond donors (Lipinski definition) is 2. The zero-order valence-electron chi connectivity index (χ0n) is 25.6. The molecule has 3 N–H and O–H groups in total. The topological polar surface area (TPSA) is 174 Å². The van der Waals surface area contributed by atoms with Gasteiger partial charge in [-0.15, -0.1) is 0 Å². The van der Waals surface area contributed by atoms with E-state index in [0.29, 0.717) is 33.9 Å². The molecule has 0 fully saturated rings. The zero-order chi connectivity index (χ0) is 33.3. The molecule has 0 saturated carbocycles. The number of fused-ring (bicyclic) bond motifs is 2. The van der Waals surface area contributed by atoms with Crippen LogP contribution in [0.3, 0.4) is 0 Å². The Hall–Kier alpha value is -6.37. The second-order valence-corrected chi connectivity index (χ2v) is 11.3. The number of likely N-dealkylation sites (N-methyl/N-ethyl adjacent to an activating group) is 1. The maximum Gasteiger partial charge on any atom is 0.258 e. The summed E-state index contributed by atoms with van der Waals surface area (Å²) in [6, 6.07) is 26.7. The summed E-state index contributed by atoms with van der Waals surface area (Å²) >= 11 is 0. The molecule has 47 heavy (non-hydrogen) atoms. The molecule has 1 unspecified atom stereocenters. The van der Waals surface area contributed by atoms with Crippen LogP contribution >= 0.6 is 0 Å². The predicted molar refractivity (Wildman–Crippen MR) is 174 cm³/mol. The van der Waals surface area contributed by atoms with Crippen LogP contribution in [-0.2, 0) is 16.1 Å². The molecule has 5 aromatic rings. The Labute approximate surface area is 270 Å². The van der Waals surface area contributed by atoms with Gasteiger partial charge in [0.2, 0.25) is 11.8 Å². The maximum absolute atomic E-state index is 14.8. The first kappa shape index (κ1) is 30.6. The Morgan fingerprint density at radius 2 is 1.70 bits per heavy atom. The van der Waals surface area contributed by atoms with Gasteiger partial charge in [-0.2, -0.15) is 15.6 Å². The van der Waals surface area contributed by atoms with Gasteiger partial charge in [0.15, 0.2) is 0 Å². The Morgan fingerprint density at radius 3 is 2.40 bits per heavy atom. The van der Waals surface area contributed by atoms with E-state index >= 15 is 0 Å². The van der Waals surface area contributed by atoms with Gasteiger partial charge in [-0.25, -0.2) is 4.68 Å². The number of nitriles is 2. The molecule has 6 rings (SSSR count). The van der Waals surface area contributed by atoms with Crippen LogP contribution < -0.4 is 20.9 Å². The van der Waals surface area contributed by atoms with E-state index in [2.05, 4.69) is 22.4 Å². The number of nitrogens with one attached hydrogen (secondary N) is 1. The lowest BCUT2D eigenvalue weighted by Gasteiger charge is -2.36. The van der Waals surface area contributed by atoms with E-state index < -0.39 is 29.2 Å². The zero-order valence-corrected chi connectivity index (χ0v) is 25.6. The molecular weight excluding hydrogens is 594 g/mol. The standard InChI is InChI=1S/C35H29N9O3/c1-35(39-2,34(38)47)26-20-42(32(45)23-13-15-40-16-14-23)31-17-22(18-36)11-12-30(31)43(33(26)46)21-27-25-8-4-6-10-29(25)44(41-27)28-9-5-3-7-24(28)19-37/h3-17,26,39H,20-21H2,1-2H3,(H2,38,47)/t26-,35?/m1/s1. The molecule has 1 aliphatic rings. The number of nitrogens with two attached hydrogens (primary N) is 1. The third-order valence-corrected chi connectivity index (χ3v) is 8.74. The monoisotopic (exact) mass is 623 g/mol. The van der Waals surface area contributed by atoms with Crippen LogP contribution in [-0.4, -0.2) is 51.6 Å². The molecule has 2 aromatic heterocycles. The lowest BCUT2D eigenvalue weighted by atomic mass is 9.83. The van der Waals surface area contributed by atoms with Gasteiger partial charge >= 0.3 is 0 Å². The summed E-state index contributed by atoms with van der Waals surface area (Å²) in [5, 5.41) is 28.2. The lowest BCUT2D eigenvalue weighted by Crippen LogP contribution is -2.63. The summed E-state index contributed by atoms with van der Waals surface area (Å²) in [7, 11) is 1.53. The largest absolute Gasteiger partial charge is 0.368 e. The van der Waals surface area contributed by atoms with Crippen LogP contribution in [0.4, 0.5) is 11.4 Å². The number of primary amides is 1. The van der Waals surface area contributed by atoms with E-state index in [1.807, 2.05) is 30.3 Å². The average molecular weight is 624 g/mol. The SMILES string of the molecule is CNC(C)(C(N)=O)[C@@H]1CN(C(=O)c2ccncc2)c2cc(C#N)ccc2N(Cc2nn(-c3ccccc3C#N)c3ccccc23)C1=O. The number of hydrogen-bond acceptors (Lipinski definition) is 8. The molecule has 12 nitrogen and oxygen atoms in total. The van der Waals surface area contributed by atoms with Crippen molar-refractivity contribution < 1.29 is 14.4 Å². The van der Waals surface area contributed by atoms with Crippen molar-refractivity contribution in [3.8, 4) is 17.8 Å². The van der Waals surface area contributed by atoms with E-state index in [1.165, 1.54) is 36.2 Å².